The number of carbonyl (C=O) groups is 1. The molecule has 13 atom stereocenters. The second-order valence-corrected chi connectivity index (χ2v) is 32.3. The second-order valence-electron chi connectivity index (χ2n) is 29.2. The van der Waals surface area contributed by atoms with Crippen molar-refractivity contribution >= 4 is 26.1 Å². The fourth-order valence-electron chi connectivity index (χ4n) is 14.6. The number of hydrogen-bond donors (Lipinski definition) is 6. The average molecular weight is 1530 g/mol. The molecule has 0 radical (unpaired) electrons. The van der Waals surface area contributed by atoms with Gasteiger partial charge in [0.05, 0.1) is 26.8 Å². The zero-order valence-electron chi connectivity index (χ0n) is 63.4. The number of aliphatic hydroxyl groups excluding tert-OH is 6. The number of pyridine rings is 6. The van der Waals surface area contributed by atoms with Crippen LogP contribution in [-0.2, 0) is 51.2 Å². The van der Waals surface area contributed by atoms with Gasteiger partial charge in [-0.2, -0.15) is 0 Å². The molecule has 0 saturated carbocycles. The summed E-state index contributed by atoms with van der Waals surface area (Å²) in [4.78, 5) is 22.6. The molecule has 108 heavy (non-hydrogen) atoms. The quantitative estimate of drug-likeness (QED) is 0.0117. The molecule has 22 heteroatoms. The highest BCUT2D eigenvalue weighted by molar-refractivity contribution is 7.85. The van der Waals surface area contributed by atoms with Crippen molar-refractivity contribution in [3.8, 4) is 0 Å². The van der Waals surface area contributed by atoms with Gasteiger partial charge < -0.3 is 44.6 Å². The van der Waals surface area contributed by atoms with Gasteiger partial charge >= 0.3 is 0 Å². The molecule has 0 aliphatic rings. The topological polar surface area (TPSA) is 297 Å². The van der Waals surface area contributed by atoms with Gasteiger partial charge in [0.2, 0.25) is 5.91 Å². The Morgan fingerprint density at radius 3 is 1.12 bits per heavy atom. The zero-order chi connectivity index (χ0) is 77.3. The Labute approximate surface area is 643 Å². The SMILES string of the molecule is C.CCC(CC(CC(CC(C)c1ccccc1)c1ccncc1)c1cc[n+](CCCCCC(=O)N(C)CC(O)C(O)C(O)C(O)CO)cc1)c1cc[n+](CCCS(=O)(=O)[O-])cc1.CCC(O)C[n+]1ccc(C(CC(CC)c2cc[n+](CCCS(=O)(=O)[O-])cc2)CC(CC(C)c2ccccc2)c2ccncc2)cc1. The smallest absolute Gasteiger partial charge is 0.222 e. The van der Waals surface area contributed by atoms with Gasteiger partial charge in [-0.15, -0.1) is 0 Å². The fraction of sp³-hybridized carbons (Fsp3) is 0.500. The number of aryl methyl sites for hydroxylation is 3. The molecule has 8 aromatic rings. The van der Waals surface area contributed by atoms with Crippen LogP contribution in [0.25, 0.3) is 0 Å². The number of carbonyl (C=O) groups excluding carboxylic acids is 1. The number of aromatic nitrogens is 6. The minimum absolute atomic E-state index is 0. The molecule has 6 heterocycles. The van der Waals surface area contributed by atoms with Gasteiger partial charge in [-0.1, -0.05) is 103 Å². The minimum Gasteiger partial charge on any atom is -0.748 e. The van der Waals surface area contributed by atoms with Gasteiger partial charge in [-0.05, 0) is 187 Å². The molecule has 0 bridgehead atoms. The molecule has 0 fully saturated rings. The van der Waals surface area contributed by atoms with E-state index in [-0.39, 0.29) is 68.1 Å². The van der Waals surface area contributed by atoms with Crippen LogP contribution in [-0.4, -0.2) is 140 Å². The summed E-state index contributed by atoms with van der Waals surface area (Å²) in [5.74, 6) is 1.58. The van der Waals surface area contributed by atoms with Crippen LogP contribution < -0.4 is 18.3 Å². The standard InChI is InChI=1S/C47H67N4O9S.C38H50N3O4S.CH4/c1-4-36(39-17-25-51(26-18-39)24-11-29-61(58,59)60)31-42(32-41(38-15-21-48-22-16-38)30-35(2)37-12-7-5-8-13-37)40-19-27-50(28-20-40)23-10-6-9-14-45(55)49(3)33-43(53)46(56)47(57)44(54)34-52;1-4-31(34-14-21-40(22-15-34)20-9-25-46(43,44)45)27-37(35-16-23-41(24-17-35)29-38(42)5-2)28-36(33-12-18-39-19-13-33)26-30(3)32-10-7-6-8-11-32;/h5,7-8,12-13,15-22,25-28,35-36,41-44,46-47,52-54,56-57H,4,6,9-11,14,23-24,29-34H2,1-3H3;6-8,10-19,21-24,30-31,36-38,42H,4-5,9,20,25-29H2,1-3H3;1H4/q2*+1;. The number of likely N-dealkylation sites (N-methyl/N-ethyl adjacent to an activating group) is 1. The normalized spacial score (nSPS) is 15.4. The predicted octanol–water partition coefficient (Wildman–Crippen LogP) is 11.1. The van der Waals surface area contributed by atoms with Crippen LogP contribution in [0.3, 0.4) is 0 Å². The molecule has 0 saturated heterocycles. The van der Waals surface area contributed by atoms with Gasteiger partial charge in [-0.3, -0.25) is 14.8 Å². The number of aliphatic hydroxyl groups is 6. The van der Waals surface area contributed by atoms with Crippen molar-refractivity contribution in [3.05, 3.63) is 252 Å². The molecule has 0 aliphatic heterocycles. The summed E-state index contributed by atoms with van der Waals surface area (Å²) in [5.41, 5.74) is 10.3. The molecule has 588 valence electrons. The fourth-order valence-corrected chi connectivity index (χ4v) is 15.6. The molecular weight excluding hydrogens is 1400 g/mol. The van der Waals surface area contributed by atoms with E-state index in [4.69, 9.17) is 5.11 Å². The van der Waals surface area contributed by atoms with E-state index in [1.165, 1.54) is 56.5 Å². The van der Waals surface area contributed by atoms with Gasteiger partial charge in [0.1, 0.15) is 50.2 Å². The Kier molecular flexibility index (Phi) is 38.2. The number of hydrogen-bond acceptors (Lipinski definition) is 15. The molecule has 0 aliphatic carbocycles. The summed E-state index contributed by atoms with van der Waals surface area (Å²) >= 11 is 0. The third-order valence-electron chi connectivity index (χ3n) is 21.2. The van der Waals surface area contributed by atoms with E-state index < -0.39 is 51.3 Å². The monoisotopic (exact) mass is 1520 g/mol. The molecule has 6 N–H and O–H groups in total. The molecule has 0 spiro atoms. The van der Waals surface area contributed by atoms with Crippen LogP contribution in [0, 0.1) is 0 Å². The van der Waals surface area contributed by atoms with E-state index in [2.05, 4.69) is 205 Å². The molecule has 2 aromatic carbocycles. The van der Waals surface area contributed by atoms with Crippen molar-refractivity contribution in [2.24, 2.45) is 0 Å². The lowest BCUT2D eigenvalue weighted by Gasteiger charge is -2.29. The summed E-state index contributed by atoms with van der Waals surface area (Å²) in [6, 6.07) is 47.4. The first-order valence-corrected chi connectivity index (χ1v) is 41.5. The average Bonchev–Trinajstić information content (AvgIpc) is 0.828. The highest BCUT2D eigenvalue weighted by Crippen LogP contribution is 2.44. The number of rotatable bonds is 45. The van der Waals surface area contributed by atoms with Crippen LogP contribution in [0.1, 0.15) is 230 Å². The van der Waals surface area contributed by atoms with Crippen LogP contribution >= 0.6 is 0 Å². The van der Waals surface area contributed by atoms with E-state index in [0.29, 0.717) is 62.1 Å². The van der Waals surface area contributed by atoms with Gasteiger partial charge in [0.15, 0.2) is 56.1 Å². The van der Waals surface area contributed by atoms with Crippen molar-refractivity contribution in [3.63, 3.8) is 0 Å². The van der Waals surface area contributed by atoms with Crippen molar-refractivity contribution in [2.45, 2.75) is 242 Å². The maximum Gasteiger partial charge on any atom is 0.222 e. The maximum atomic E-state index is 12.7. The Morgan fingerprint density at radius 1 is 0.426 bits per heavy atom. The summed E-state index contributed by atoms with van der Waals surface area (Å²) in [6.45, 7) is 12.4. The van der Waals surface area contributed by atoms with Crippen molar-refractivity contribution < 1.29 is 79.6 Å². The Bertz CT molecular complexity index is 4030. The first-order chi connectivity index (χ1) is 51.3. The maximum absolute atomic E-state index is 12.7. The van der Waals surface area contributed by atoms with Gasteiger partial charge in [0.25, 0.3) is 0 Å². The van der Waals surface area contributed by atoms with Gasteiger partial charge in [-0.25, -0.2) is 35.1 Å². The number of nitrogens with zero attached hydrogens (tertiary/aromatic N) is 7. The number of amides is 1. The lowest BCUT2D eigenvalue weighted by molar-refractivity contribution is -0.703. The lowest BCUT2D eigenvalue weighted by atomic mass is 9.75. The molecular formula is C86H121N7O13S2+2. The zero-order valence-corrected chi connectivity index (χ0v) is 65.0. The summed E-state index contributed by atoms with van der Waals surface area (Å²) in [7, 11) is -6.94. The van der Waals surface area contributed by atoms with Crippen LogP contribution in [0.5, 0.6) is 0 Å². The number of benzene rings is 2. The van der Waals surface area contributed by atoms with E-state index in [0.717, 1.165) is 77.2 Å². The summed E-state index contributed by atoms with van der Waals surface area (Å²) < 4.78 is 74.5. The molecule has 8 rings (SSSR count). The third-order valence-corrected chi connectivity index (χ3v) is 22.8. The summed E-state index contributed by atoms with van der Waals surface area (Å²) in [5, 5.41) is 59.0. The van der Waals surface area contributed by atoms with Crippen molar-refractivity contribution in [2.75, 3.05) is 31.7 Å². The number of unbranched alkanes of at least 4 members (excludes halogenated alkanes) is 2. The predicted molar refractivity (Wildman–Crippen MR) is 418 cm³/mol. The Hall–Kier alpha value is -7.61. The minimum atomic E-state index is -4.25. The van der Waals surface area contributed by atoms with Crippen LogP contribution in [0.4, 0.5) is 0 Å². The van der Waals surface area contributed by atoms with E-state index >= 15 is 0 Å². The van der Waals surface area contributed by atoms with Gasteiger partial charge in [0, 0.05) is 124 Å². The molecule has 6 aromatic heterocycles. The van der Waals surface area contributed by atoms with Crippen molar-refractivity contribution in [1.82, 2.24) is 14.9 Å². The Balaban J connectivity index is 0.000000347. The van der Waals surface area contributed by atoms with E-state index in [1.54, 1.807) is 0 Å². The molecule has 20 nitrogen and oxygen atoms in total. The highest BCUT2D eigenvalue weighted by atomic mass is 32.2. The first kappa shape index (κ1) is 89.3. The Morgan fingerprint density at radius 2 is 0.759 bits per heavy atom. The summed E-state index contributed by atoms with van der Waals surface area (Å²) in [6.07, 6.45) is 28.7. The van der Waals surface area contributed by atoms with Crippen molar-refractivity contribution in [1.29, 1.82) is 0 Å². The van der Waals surface area contributed by atoms with Crippen LogP contribution in [0.15, 0.2) is 208 Å². The van der Waals surface area contributed by atoms with E-state index in [1.807, 2.05) is 65.6 Å². The lowest BCUT2D eigenvalue weighted by Crippen LogP contribution is -2.49. The molecule has 13 unspecified atom stereocenters. The van der Waals surface area contributed by atoms with Crippen LogP contribution in [0.2, 0.25) is 0 Å². The second kappa shape index (κ2) is 46.1. The largest absolute Gasteiger partial charge is 0.748 e. The highest BCUT2D eigenvalue weighted by Gasteiger charge is 2.33. The first-order valence-electron chi connectivity index (χ1n) is 38.3. The molecule has 1 amide bonds. The third kappa shape index (κ3) is 30.7. The van der Waals surface area contributed by atoms with E-state index in [9.17, 15) is 56.3 Å².